The maximum Gasteiger partial charge on any atom is 0.246 e. The van der Waals surface area contributed by atoms with Crippen LogP contribution >= 0.6 is 0 Å². The number of anilines is 2. The van der Waals surface area contributed by atoms with E-state index in [2.05, 4.69) is 10.6 Å². The van der Waals surface area contributed by atoms with Gasteiger partial charge in [-0.1, -0.05) is 12.1 Å². The fourth-order valence-corrected chi connectivity index (χ4v) is 1.67. The molecule has 0 heterocycles. The monoisotopic (exact) mass is 276 g/mol. The molecule has 0 unspecified atom stereocenters. The number of para-hydroxylation sites is 1. The molecule has 0 saturated heterocycles. The molecule has 0 aliphatic heterocycles. The maximum atomic E-state index is 13.4. The maximum absolute atomic E-state index is 13.4. The second-order valence-electron chi connectivity index (χ2n) is 4.34. The molecule has 3 nitrogen and oxygen atoms in total. The lowest BCUT2D eigenvalue weighted by Crippen LogP contribution is -2.32. The lowest BCUT2D eigenvalue weighted by Gasteiger charge is -2.15. The number of nitrogens with one attached hydrogen (secondary N) is 2. The Morgan fingerprint density at radius 3 is 2.35 bits per heavy atom. The first kappa shape index (κ1) is 14.0. The molecule has 104 valence electrons. The summed E-state index contributed by atoms with van der Waals surface area (Å²) >= 11 is 0. The van der Waals surface area contributed by atoms with E-state index in [0.717, 1.165) is 0 Å². The topological polar surface area (TPSA) is 41.1 Å². The summed E-state index contributed by atoms with van der Waals surface area (Å²) in [5, 5.41) is 5.40. The molecule has 0 saturated carbocycles. The molecule has 1 atom stereocenters. The van der Waals surface area contributed by atoms with E-state index in [1.807, 2.05) is 0 Å². The standard InChI is InChI=1S/C15H14F2N2O/c1-10(18-12-8-6-11(16)7-9-12)15(20)19-14-5-3-2-4-13(14)17/h2-10,18H,1H3,(H,19,20)/t10-/m0/s1. The number of carbonyl (C=O) groups is 1. The van der Waals surface area contributed by atoms with Crippen molar-refractivity contribution in [2.75, 3.05) is 10.6 Å². The lowest BCUT2D eigenvalue weighted by molar-refractivity contribution is -0.116. The van der Waals surface area contributed by atoms with Gasteiger partial charge in [0.1, 0.15) is 17.7 Å². The minimum atomic E-state index is -0.583. The van der Waals surface area contributed by atoms with E-state index >= 15 is 0 Å². The van der Waals surface area contributed by atoms with Crippen molar-refractivity contribution >= 4 is 17.3 Å². The number of carbonyl (C=O) groups excluding carboxylic acids is 1. The van der Waals surface area contributed by atoms with E-state index in [9.17, 15) is 13.6 Å². The minimum absolute atomic E-state index is 0.130. The van der Waals surface area contributed by atoms with Gasteiger partial charge in [-0.25, -0.2) is 8.78 Å². The highest BCUT2D eigenvalue weighted by Gasteiger charge is 2.14. The summed E-state index contributed by atoms with van der Waals surface area (Å²) in [4.78, 5) is 11.9. The van der Waals surface area contributed by atoms with Crippen molar-refractivity contribution in [1.82, 2.24) is 0 Å². The Labute approximate surface area is 115 Å². The Morgan fingerprint density at radius 2 is 1.70 bits per heavy atom. The van der Waals surface area contributed by atoms with Crippen LogP contribution in [0, 0.1) is 11.6 Å². The van der Waals surface area contributed by atoms with Gasteiger partial charge in [-0.2, -0.15) is 0 Å². The number of halogens is 2. The van der Waals surface area contributed by atoms with E-state index in [1.54, 1.807) is 19.1 Å². The highest BCUT2D eigenvalue weighted by Crippen LogP contribution is 2.14. The first-order valence-corrected chi connectivity index (χ1v) is 6.14. The molecule has 0 aromatic heterocycles. The molecule has 0 aliphatic carbocycles. The predicted molar refractivity (Wildman–Crippen MR) is 74.5 cm³/mol. The Bertz CT molecular complexity index is 599. The Morgan fingerprint density at radius 1 is 1.05 bits per heavy atom. The van der Waals surface area contributed by atoms with E-state index < -0.39 is 11.9 Å². The van der Waals surface area contributed by atoms with Gasteiger partial charge < -0.3 is 10.6 Å². The fraction of sp³-hybridized carbons (Fsp3) is 0.133. The second-order valence-corrected chi connectivity index (χ2v) is 4.34. The zero-order valence-electron chi connectivity index (χ0n) is 10.9. The van der Waals surface area contributed by atoms with Crippen LogP contribution in [-0.4, -0.2) is 11.9 Å². The van der Waals surface area contributed by atoms with Gasteiger partial charge in [0.25, 0.3) is 0 Å². The van der Waals surface area contributed by atoms with E-state index in [4.69, 9.17) is 0 Å². The average molecular weight is 276 g/mol. The smallest absolute Gasteiger partial charge is 0.246 e. The van der Waals surface area contributed by atoms with Gasteiger partial charge >= 0.3 is 0 Å². The van der Waals surface area contributed by atoms with E-state index in [-0.39, 0.29) is 17.4 Å². The van der Waals surface area contributed by atoms with Gasteiger partial charge in [0, 0.05) is 5.69 Å². The molecule has 0 aliphatic rings. The fourth-order valence-electron chi connectivity index (χ4n) is 1.67. The number of rotatable bonds is 4. The molecule has 0 fully saturated rings. The first-order chi connectivity index (χ1) is 9.56. The van der Waals surface area contributed by atoms with Crippen molar-refractivity contribution in [1.29, 1.82) is 0 Å². The average Bonchev–Trinajstić information content (AvgIpc) is 2.44. The zero-order chi connectivity index (χ0) is 14.5. The first-order valence-electron chi connectivity index (χ1n) is 6.14. The summed E-state index contributed by atoms with van der Waals surface area (Å²) < 4.78 is 26.2. The normalized spacial score (nSPS) is 11.8. The molecule has 2 rings (SSSR count). The third kappa shape index (κ3) is 3.54. The summed E-state index contributed by atoms with van der Waals surface area (Å²) in [5.41, 5.74) is 0.743. The van der Waals surface area contributed by atoms with Crippen LogP contribution in [-0.2, 0) is 4.79 Å². The SMILES string of the molecule is C[C@H](Nc1ccc(F)cc1)C(=O)Nc1ccccc1F. The molecule has 0 bridgehead atoms. The third-order valence-corrected chi connectivity index (χ3v) is 2.75. The summed E-state index contributed by atoms with van der Waals surface area (Å²) in [6.07, 6.45) is 0. The van der Waals surface area contributed by atoms with Crippen LogP contribution in [0.5, 0.6) is 0 Å². The van der Waals surface area contributed by atoms with Gasteiger partial charge in [-0.15, -0.1) is 0 Å². The van der Waals surface area contributed by atoms with Crippen molar-refractivity contribution in [3.63, 3.8) is 0 Å². The number of amides is 1. The second kappa shape index (κ2) is 6.14. The molecule has 2 aromatic rings. The molecule has 20 heavy (non-hydrogen) atoms. The van der Waals surface area contributed by atoms with Crippen molar-refractivity contribution in [2.24, 2.45) is 0 Å². The summed E-state index contributed by atoms with van der Waals surface area (Å²) in [5.74, 6) is -1.21. The predicted octanol–water partition coefficient (Wildman–Crippen LogP) is 3.40. The molecule has 5 heteroatoms. The highest BCUT2D eigenvalue weighted by molar-refractivity contribution is 5.96. The Kier molecular flexibility index (Phi) is 4.30. The van der Waals surface area contributed by atoms with Crippen molar-refractivity contribution < 1.29 is 13.6 Å². The van der Waals surface area contributed by atoms with Crippen LogP contribution in [0.4, 0.5) is 20.2 Å². The summed E-state index contributed by atoms with van der Waals surface area (Å²) in [7, 11) is 0. The Hall–Kier alpha value is -2.43. The highest BCUT2D eigenvalue weighted by atomic mass is 19.1. The molecule has 0 radical (unpaired) electrons. The van der Waals surface area contributed by atoms with Crippen molar-refractivity contribution in [3.8, 4) is 0 Å². The molecule has 0 spiro atoms. The molecular formula is C15H14F2N2O. The molecule has 2 N–H and O–H groups in total. The van der Waals surface area contributed by atoms with Crippen LogP contribution in [0.2, 0.25) is 0 Å². The van der Waals surface area contributed by atoms with Crippen molar-refractivity contribution in [3.05, 3.63) is 60.2 Å². The van der Waals surface area contributed by atoms with Gasteiger partial charge in [-0.05, 0) is 43.3 Å². The van der Waals surface area contributed by atoms with Crippen LogP contribution in [0.3, 0.4) is 0 Å². The summed E-state index contributed by atoms with van der Waals surface area (Å²) in [6, 6.07) is 11.0. The summed E-state index contributed by atoms with van der Waals surface area (Å²) in [6.45, 7) is 1.64. The van der Waals surface area contributed by atoms with E-state index in [1.165, 1.54) is 36.4 Å². The number of hydrogen-bond acceptors (Lipinski definition) is 2. The zero-order valence-corrected chi connectivity index (χ0v) is 10.9. The molecule has 1 amide bonds. The Balaban J connectivity index is 1.99. The largest absolute Gasteiger partial charge is 0.374 e. The number of hydrogen-bond donors (Lipinski definition) is 2. The van der Waals surface area contributed by atoms with Gasteiger partial charge in [0.05, 0.1) is 5.69 Å². The van der Waals surface area contributed by atoms with Gasteiger partial charge in [0.15, 0.2) is 0 Å². The van der Waals surface area contributed by atoms with Gasteiger partial charge in [0.2, 0.25) is 5.91 Å². The quantitative estimate of drug-likeness (QED) is 0.898. The third-order valence-electron chi connectivity index (χ3n) is 2.75. The number of benzene rings is 2. The van der Waals surface area contributed by atoms with Crippen LogP contribution < -0.4 is 10.6 Å². The van der Waals surface area contributed by atoms with Gasteiger partial charge in [-0.3, -0.25) is 4.79 Å². The lowest BCUT2D eigenvalue weighted by atomic mass is 10.2. The van der Waals surface area contributed by atoms with Crippen LogP contribution in [0.25, 0.3) is 0 Å². The van der Waals surface area contributed by atoms with Crippen LogP contribution in [0.1, 0.15) is 6.92 Å². The van der Waals surface area contributed by atoms with Crippen molar-refractivity contribution in [2.45, 2.75) is 13.0 Å². The molecule has 2 aromatic carbocycles. The van der Waals surface area contributed by atoms with Crippen LogP contribution in [0.15, 0.2) is 48.5 Å². The van der Waals surface area contributed by atoms with E-state index in [0.29, 0.717) is 5.69 Å². The molecular weight excluding hydrogens is 262 g/mol. The minimum Gasteiger partial charge on any atom is -0.374 e.